The SMILES string of the molecule is CCOC(=O)c1cnc2ccc(NC(=O)c3cccc(OC)c3)cc2c1N. The van der Waals surface area contributed by atoms with Gasteiger partial charge in [-0.3, -0.25) is 9.78 Å². The zero-order chi connectivity index (χ0) is 19.4. The van der Waals surface area contributed by atoms with Gasteiger partial charge in [0.15, 0.2) is 0 Å². The lowest BCUT2D eigenvalue weighted by molar-refractivity contribution is 0.0527. The number of anilines is 2. The highest BCUT2D eigenvalue weighted by atomic mass is 16.5. The number of hydrogen-bond acceptors (Lipinski definition) is 6. The Morgan fingerprint density at radius 1 is 1.19 bits per heavy atom. The van der Waals surface area contributed by atoms with E-state index in [2.05, 4.69) is 10.3 Å². The van der Waals surface area contributed by atoms with Crippen LogP contribution in [0.4, 0.5) is 11.4 Å². The predicted molar refractivity (Wildman–Crippen MR) is 103 cm³/mol. The number of esters is 1. The smallest absolute Gasteiger partial charge is 0.341 e. The van der Waals surface area contributed by atoms with Crippen LogP contribution in [0.1, 0.15) is 27.6 Å². The van der Waals surface area contributed by atoms with Crippen molar-refractivity contribution in [3.63, 3.8) is 0 Å². The van der Waals surface area contributed by atoms with E-state index in [0.717, 1.165) is 0 Å². The Balaban J connectivity index is 1.92. The first-order valence-electron chi connectivity index (χ1n) is 8.34. The number of nitrogen functional groups attached to an aromatic ring is 1. The summed E-state index contributed by atoms with van der Waals surface area (Å²) in [6.45, 7) is 1.96. The summed E-state index contributed by atoms with van der Waals surface area (Å²) < 4.78 is 10.1. The Morgan fingerprint density at radius 3 is 2.74 bits per heavy atom. The van der Waals surface area contributed by atoms with Gasteiger partial charge in [-0.2, -0.15) is 0 Å². The van der Waals surface area contributed by atoms with Crippen LogP contribution < -0.4 is 15.8 Å². The first kappa shape index (κ1) is 18.2. The number of aromatic nitrogens is 1. The van der Waals surface area contributed by atoms with Gasteiger partial charge in [-0.15, -0.1) is 0 Å². The van der Waals surface area contributed by atoms with Crippen LogP contribution in [-0.2, 0) is 4.74 Å². The lowest BCUT2D eigenvalue weighted by Gasteiger charge is -2.10. The molecular formula is C20H19N3O4. The molecule has 0 aliphatic rings. The maximum absolute atomic E-state index is 12.5. The second kappa shape index (κ2) is 7.74. The Morgan fingerprint density at radius 2 is 2.00 bits per heavy atom. The molecule has 27 heavy (non-hydrogen) atoms. The number of methoxy groups -OCH3 is 1. The van der Waals surface area contributed by atoms with E-state index in [4.69, 9.17) is 15.2 Å². The number of carbonyl (C=O) groups excluding carboxylic acids is 2. The molecule has 3 aromatic rings. The molecule has 0 aliphatic heterocycles. The van der Waals surface area contributed by atoms with E-state index in [0.29, 0.717) is 27.9 Å². The Kier molecular flexibility index (Phi) is 5.21. The van der Waals surface area contributed by atoms with E-state index < -0.39 is 5.97 Å². The molecule has 138 valence electrons. The van der Waals surface area contributed by atoms with Crippen LogP contribution in [0.2, 0.25) is 0 Å². The molecular weight excluding hydrogens is 346 g/mol. The largest absolute Gasteiger partial charge is 0.497 e. The van der Waals surface area contributed by atoms with Gasteiger partial charge in [0.1, 0.15) is 11.3 Å². The third-order valence-electron chi connectivity index (χ3n) is 3.99. The molecule has 0 atom stereocenters. The average Bonchev–Trinajstić information content (AvgIpc) is 2.68. The summed E-state index contributed by atoms with van der Waals surface area (Å²) in [5, 5.41) is 3.37. The zero-order valence-corrected chi connectivity index (χ0v) is 15.0. The van der Waals surface area contributed by atoms with Crippen LogP contribution in [0.5, 0.6) is 5.75 Å². The minimum atomic E-state index is -0.532. The molecule has 3 N–H and O–H groups in total. The van der Waals surface area contributed by atoms with Crippen molar-refractivity contribution in [3.05, 3.63) is 59.8 Å². The van der Waals surface area contributed by atoms with E-state index in [1.807, 2.05) is 0 Å². The minimum Gasteiger partial charge on any atom is -0.497 e. The molecule has 0 aliphatic carbocycles. The molecule has 1 amide bonds. The Hall–Kier alpha value is -3.61. The molecule has 0 fully saturated rings. The second-order valence-electron chi connectivity index (χ2n) is 5.72. The number of amides is 1. The van der Waals surface area contributed by atoms with E-state index in [1.165, 1.54) is 13.3 Å². The van der Waals surface area contributed by atoms with Crippen LogP contribution in [0.15, 0.2) is 48.7 Å². The number of fused-ring (bicyclic) bond motifs is 1. The molecule has 3 rings (SSSR count). The van der Waals surface area contributed by atoms with Crippen molar-refractivity contribution in [1.82, 2.24) is 4.98 Å². The number of hydrogen-bond donors (Lipinski definition) is 2. The molecule has 7 nitrogen and oxygen atoms in total. The highest BCUT2D eigenvalue weighted by Crippen LogP contribution is 2.27. The van der Waals surface area contributed by atoms with Crippen LogP contribution in [-0.4, -0.2) is 30.6 Å². The molecule has 1 aromatic heterocycles. The third-order valence-corrected chi connectivity index (χ3v) is 3.99. The first-order valence-corrected chi connectivity index (χ1v) is 8.34. The van der Waals surface area contributed by atoms with Crippen molar-refractivity contribution >= 4 is 34.2 Å². The molecule has 7 heteroatoms. The lowest BCUT2D eigenvalue weighted by Crippen LogP contribution is -2.12. The van der Waals surface area contributed by atoms with E-state index in [-0.39, 0.29) is 23.8 Å². The van der Waals surface area contributed by atoms with Gasteiger partial charge in [-0.1, -0.05) is 6.07 Å². The number of carbonyl (C=O) groups is 2. The zero-order valence-electron chi connectivity index (χ0n) is 15.0. The van der Waals surface area contributed by atoms with Crippen molar-refractivity contribution < 1.29 is 19.1 Å². The fourth-order valence-electron chi connectivity index (χ4n) is 2.63. The number of benzene rings is 2. The van der Waals surface area contributed by atoms with Crippen LogP contribution >= 0.6 is 0 Å². The standard InChI is InChI=1S/C20H19N3O4/c1-3-27-20(25)16-11-22-17-8-7-13(10-15(17)18(16)21)23-19(24)12-5-4-6-14(9-12)26-2/h4-11H,3H2,1-2H3,(H2,21,22)(H,23,24). The minimum absolute atomic E-state index is 0.195. The fraction of sp³-hybridized carbons (Fsp3) is 0.150. The van der Waals surface area contributed by atoms with Gasteiger partial charge in [0.25, 0.3) is 5.91 Å². The topological polar surface area (TPSA) is 104 Å². The number of nitrogens with two attached hydrogens (primary N) is 1. The van der Waals surface area contributed by atoms with Crippen molar-refractivity contribution in [2.75, 3.05) is 24.8 Å². The summed E-state index contributed by atoms with van der Waals surface area (Å²) in [5.41, 5.74) is 8.19. The summed E-state index contributed by atoms with van der Waals surface area (Å²) in [4.78, 5) is 28.7. The molecule has 0 saturated heterocycles. The molecule has 0 saturated carbocycles. The summed E-state index contributed by atoms with van der Waals surface area (Å²) in [6.07, 6.45) is 1.39. The Labute approximate surface area is 156 Å². The summed E-state index contributed by atoms with van der Waals surface area (Å²) in [7, 11) is 1.54. The van der Waals surface area contributed by atoms with Gasteiger partial charge in [-0.25, -0.2) is 4.79 Å². The molecule has 1 heterocycles. The second-order valence-corrected chi connectivity index (χ2v) is 5.72. The van der Waals surface area contributed by atoms with Crippen LogP contribution in [0, 0.1) is 0 Å². The number of ether oxygens (including phenoxy) is 2. The lowest BCUT2D eigenvalue weighted by atomic mass is 10.1. The fourth-order valence-corrected chi connectivity index (χ4v) is 2.63. The number of nitrogens with zero attached hydrogens (tertiary/aromatic N) is 1. The first-order chi connectivity index (χ1) is 13.0. The normalized spacial score (nSPS) is 10.4. The van der Waals surface area contributed by atoms with Crippen LogP contribution in [0.25, 0.3) is 10.9 Å². The average molecular weight is 365 g/mol. The van der Waals surface area contributed by atoms with Crippen molar-refractivity contribution in [3.8, 4) is 5.75 Å². The molecule has 0 spiro atoms. The third kappa shape index (κ3) is 3.82. The van der Waals surface area contributed by atoms with Gasteiger partial charge in [0, 0.05) is 22.8 Å². The molecule has 0 radical (unpaired) electrons. The van der Waals surface area contributed by atoms with Gasteiger partial charge < -0.3 is 20.5 Å². The monoisotopic (exact) mass is 365 g/mol. The van der Waals surface area contributed by atoms with E-state index >= 15 is 0 Å². The van der Waals surface area contributed by atoms with Gasteiger partial charge in [0.2, 0.25) is 0 Å². The van der Waals surface area contributed by atoms with E-state index in [9.17, 15) is 9.59 Å². The highest BCUT2D eigenvalue weighted by Gasteiger charge is 2.15. The molecule has 0 unspecified atom stereocenters. The summed E-state index contributed by atoms with van der Waals surface area (Å²) >= 11 is 0. The molecule has 0 bridgehead atoms. The van der Waals surface area contributed by atoms with Crippen molar-refractivity contribution in [2.45, 2.75) is 6.92 Å². The maximum Gasteiger partial charge on any atom is 0.341 e. The number of pyridine rings is 1. The quantitative estimate of drug-likeness (QED) is 0.673. The molecule has 2 aromatic carbocycles. The maximum atomic E-state index is 12.5. The van der Waals surface area contributed by atoms with Gasteiger partial charge in [0.05, 0.1) is 24.9 Å². The number of rotatable bonds is 5. The van der Waals surface area contributed by atoms with Gasteiger partial charge >= 0.3 is 5.97 Å². The van der Waals surface area contributed by atoms with Crippen molar-refractivity contribution in [1.29, 1.82) is 0 Å². The van der Waals surface area contributed by atoms with Crippen LogP contribution in [0.3, 0.4) is 0 Å². The van der Waals surface area contributed by atoms with Crippen molar-refractivity contribution in [2.24, 2.45) is 0 Å². The van der Waals surface area contributed by atoms with Gasteiger partial charge in [-0.05, 0) is 43.3 Å². The van der Waals surface area contributed by atoms with E-state index in [1.54, 1.807) is 49.4 Å². The summed E-state index contributed by atoms with van der Waals surface area (Å²) in [5.74, 6) is -0.231. The highest BCUT2D eigenvalue weighted by molar-refractivity contribution is 6.08. The summed E-state index contributed by atoms with van der Waals surface area (Å²) in [6, 6.07) is 12.0. The Bertz CT molecular complexity index is 1020. The predicted octanol–water partition coefficient (Wildman–Crippen LogP) is 3.25. The number of nitrogens with one attached hydrogen (secondary N) is 1.